The van der Waals surface area contributed by atoms with Gasteiger partial charge in [-0.05, 0) is 12.8 Å². The number of aromatic carboxylic acids is 1. The first kappa shape index (κ1) is 9.71. The molecule has 13 heavy (non-hydrogen) atoms. The molecule has 0 unspecified atom stereocenters. The largest absolute Gasteiger partial charge is 0.477 e. The second-order valence-electron chi connectivity index (χ2n) is 2.24. The highest BCUT2D eigenvalue weighted by Gasteiger charge is 2.12. The molecule has 0 spiro atoms. The molecular formula is C8H8N2O2S. The maximum Gasteiger partial charge on any atom is 0.347 e. The molecule has 0 saturated carbocycles. The Morgan fingerprint density at radius 1 is 1.77 bits per heavy atom. The topological polar surface area (TPSA) is 76.2 Å². The molecule has 1 heterocycles. The molecule has 1 rings (SSSR count). The van der Waals surface area contributed by atoms with Crippen LogP contribution in [0.4, 0.5) is 0 Å². The average molecular weight is 196 g/mol. The van der Waals surface area contributed by atoms with Gasteiger partial charge in [0.05, 0.1) is 12.2 Å². The van der Waals surface area contributed by atoms with Crippen molar-refractivity contribution in [3.63, 3.8) is 0 Å². The van der Waals surface area contributed by atoms with Crippen molar-refractivity contribution >= 4 is 17.3 Å². The Morgan fingerprint density at radius 2 is 2.46 bits per heavy atom. The molecule has 0 aliphatic heterocycles. The van der Waals surface area contributed by atoms with Crippen molar-refractivity contribution in [2.75, 3.05) is 6.54 Å². The predicted molar refractivity (Wildman–Crippen MR) is 49.7 cm³/mol. The van der Waals surface area contributed by atoms with Gasteiger partial charge in [0.1, 0.15) is 4.88 Å². The highest BCUT2D eigenvalue weighted by molar-refractivity contribution is 7.14. The highest BCUT2D eigenvalue weighted by atomic mass is 32.1. The van der Waals surface area contributed by atoms with Crippen LogP contribution in [0.3, 0.4) is 0 Å². The van der Waals surface area contributed by atoms with E-state index in [1.165, 1.54) is 0 Å². The van der Waals surface area contributed by atoms with E-state index in [2.05, 4.69) is 16.8 Å². The number of nitrogens with zero attached hydrogens (tertiary/aromatic N) is 1. The lowest BCUT2D eigenvalue weighted by Gasteiger charge is -1.84. The Labute approximate surface area is 79.4 Å². The van der Waals surface area contributed by atoms with Gasteiger partial charge in [-0.2, -0.15) is 0 Å². The van der Waals surface area contributed by atoms with Gasteiger partial charge in [-0.25, -0.2) is 9.78 Å². The molecule has 4 nitrogen and oxygen atoms in total. The number of aromatic nitrogens is 1. The molecule has 0 aromatic carbocycles. The van der Waals surface area contributed by atoms with Crippen molar-refractivity contribution in [3.8, 4) is 11.8 Å². The van der Waals surface area contributed by atoms with Crippen molar-refractivity contribution in [1.29, 1.82) is 0 Å². The summed E-state index contributed by atoms with van der Waals surface area (Å²) in [6.07, 6.45) is 0. The maximum absolute atomic E-state index is 10.6. The summed E-state index contributed by atoms with van der Waals surface area (Å²) in [7, 11) is 0. The van der Waals surface area contributed by atoms with Crippen LogP contribution in [0.25, 0.3) is 0 Å². The Balaban J connectivity index is 3.02. The lowest BCUT2D eigenvalue weighted by molar-refractivity contribution is 0.0701. The summed E-state index contributed by atoms with van der Waals surface area (Å²) in [5, 5.41) is 9.20. The van der Waals surface area contributed by atoms with Gasteiger partial charge in [-0.1, -0.05) is 17.3 Å². The summed E-state index contributed by atoms with van der Waals surface area (Å²) in [5.74, 6) is 4.34. The molecule has 0 aliphatic rings. The Bertz CT molecular complexity index is 387. The van der Waals surface area contributed by atoms with Gasteiger partial charge in [-0.3, -0.25) is 0 Å². The minimum absolute atomic E-state index is 0.237. The van der Waals surface area contributed by atoms with Crippen LogP contribution in [-0.2, 0) is 0 Å². The Morgan fingerprint density at radius 3 is 2.92 bits per heavy atom. The van der Waals surface area contributed by atoms with Crippen LogP contribution in [0.5, 0.6) is 0 Å². The summed E-state index contributed by atoms with van der Waals surface area (Å²) in [4.78, 5) is 14.8. The van der Waals surface area contributed by atoms with E-state index in [0.717, 1.165) is 11.3 Å². The summed E-state index contributed by atoms with van der Waals surface area (Å²) in [6, 6.07) is 0. The molecule has 0 radical (unpaired) electrons. The third-order valence-corrected chi connectivity index (χ3v) is 2.35. The van der Waals surface area contributed by atoms with Crippen LogP contribution in [0.15, 0.2) is 0 Å². The van der Waals surface area contributed by atoms with E-state index in [-0.39, 0.29) is 11.4 Å². The number of carbonyl (C=O) groups is 1. The zero-order chi connectivity index (χ0) is 9.84. The third-order valence-electron chi connectivity index (χ3n) is 1.29. The average Bonchev–Trinajstić information content (AvgIpc) is 2.43. The van der Waals surface area contributed by atoms with Gasteiger partial charge in [-0.15, -0.1) is 0 Å². The normalized spacial score (nSPS) is 9.08. The number of hydrogen-bond donors (Lipinski definition) is 2. The quantitative estimate of drug-likeness (QED) is 0.640. The number of thiazole rings is 1. The molecule has 1 aromatic rings. The van der Waals surface area contributed by atoms with Gasteiger partial charge in [0.25, 0.3) is 0 Å². The minimum Gasteiger partial charge on any atom is -0.477 e. The Kier molecular flexibility index (Phi) is 3.01. The standard InChI is InChI=1S/C8H8N2O2S/c1-5-7(8(11)12)13-6(10-5)3-2-4-9/h4,9H2,1H3,(H,11,12). The second kappa shape index (κ2) is 4.03. The molecule has 0 bridgehead atoms. The van der Waals surface area contributed by atoms with E-state index in [1.54, 1.807) is 6.92 Å². The predicted octanol–water partition coefficient (Wildman–Crippen LogP) is 0.460. The summed E-state index contributed by atoms with van der Waals surface area (Å²) >= 11 is 1.07. The van der Waals surface area contributed by atoms with E-state index in [9.17, 15) is 4.79 Å². The van der Waals surface area contributed by atoms with Gasteiger partial charge < -0.3 is 10.8 Å². The van der Waals surface area contributed by atoms with Crippen molar-refractivity contribution < 1.29 is 9.90 Å². The number of carboxylic acid groups (broad SMARTS) is 1. The molecule has 1 aromatic heterocycles. The SMILES string of the molecule is Cc1nc(C#CCN)sc1C(=O)O. The lowest BCUT2D eigenvalue weighted by Crippen LogP contribution is -1.94. The van der Waals surface area contributed by atoms with Crippen LogP contribution in [0.1, 0.15) is 20.4 Å². The van der Waals surface area contributed by atoms with Gasteiger partial charge in [0.15, 0.2) is 5.01 Å². The van der Waals surface area contributed by atoms with E-state index in [1.807, 2.05) is 0 Å². The molecule has 0 aliphatic carbocycles. The zero-order valence-electron chi connectivity index (χ0n) is 7.00. The smallest absolute Gasteiger partial charge is 0.347 e. The number of nitrogens with two attached hydrogens (primary N) is 1. The fourth-order valence-electron chi connectivity index (χ4n) is 0.775. The number of carboxylic acids is 1. The van der Waals surface area contributed by atoms with E-state index >= 15 is 0 Å². The minimum atomic E-state index is -0.962. The zero-order valence-corrected chi connectivity index (χ0v) is 7.81. The molecule has 0 atom stereocenters. The lowest BCUT2D eigenvalue weighted by atomic mass is 10.4. The van der Waals surface area contributed by atoms with E-state index < -0.39 is 5.97 Å². The first-order valence-electron chi connectivity index (χ1n) is 3.54. The van der Waals surface area contributed by atoms with Gasteiger partial charge in [0.2, 0.25) is 0 Å². The van der Waals surface area contributed by atoms with Crippen LogP contribution < -0.4 is 5.73 Å². The van der Waals surface area contributed by atoms with Gasteiger partial charge >= 0.3 is 5.97 Å². The van der Waals surface area contributed by atoms with Crippen molar-refractivity contribution in [3.05, 3.63) is 15.6 Å². The molecule has 0 fully saturated rings. The molecule has 3 N–H and O–H groups in total. The first-order chi connectivity index (χ1) is 6.15. The van der Waals surface area contributed by atoms with Crippen molar-refractivity contribution in [2.45, 2.75) is 6.92 Å². The van der Waals surface area contributed by atoms with Crippen molar-refractivity contribution in [2.24, 2.45) is 5.73 Å². The fraction of sp³-hybridized carbons (Fsp3) is 0.250. The molecule has 0 amide bonds. The number of aryl methyl sites for hydroxylation is 1. The van der Waals surface area contributed by atoms with Crippen LogP contribution in [0.2, 0.25) is 0 Å². The van der Waals surface area contributed by atoms with Crippen LogP contribution >= 0.6 is 11.3 Å². The van der Waals surface area contributed by atoms with E-state index in [4.69, 9.17) is 10.8 Å². The second-order valence-corrected chi connectivity index (χ2v) is 3.24. The number of hydrogen-bond acceptors (Lipinski definition) is 4. The summed E-state index contributed by atoms with van der Waals surface area (Å²) < 4.78 is 0. The van der Waals surface area contributed by atoms with E-state index in [0.29, 0.717) is 10.7 Å². The summed E-state index contributed by atoms with van der Waals surface area (Å²) in [6.45, 7) is 1.90. The monoisotopic (exact) mass is 196 g/mol. The van der Waals surface area contributed by atoms with Gasteiger partial charge in [0, 0.05) is 0 Å². The van der Waals surface area contributed by atoms with Crippen molar-refractivity contribution in [1.82, 2.24) is 4.98 Å². The molecule has 5 heteroatoms. The molecule has 68 valence electrons. The highest BCUT2D eigenvalue weighted by Crippen LogP contribution is 2.16. The van der Waals surface area contributed by atoms with Crippen LogP contribution in [-0.4, -0.2) is 22.6 Å². The first-order valence-corrected chi connectivity index (χ1v) is 4.36. The fourth-order valence-corrected chi connectivity index (χ4v) is 1.55. The Hall–Kier alpha value is -1.38. The molecule has 0 saturated heterocycles. The van der Waals surface area contributed by atoms with Crippen LogP contribution in [0, 0.1) is 18.8 Å². The number of rotatable bonds is 1. The summed E-state index contributed by atoms with van der Waals surface area (Å²) in [5.41, 5.74) is 5.67. The maximum atomic E-state index is 10.6. The molecular weight excluding hydrogens is 188 g/mol. The third kappa shape index (κ3) is 2.28.